The third kappa shape index (κ3) is 2.87. The van der Waals surface area contributed by atoms with E-state index in [0.717, 1.165) is 18.4 Å². The SMILES string of the molecule is Cc1cccc([N+](=O)[O-])c1NC1CCS(=O)CC1. The topological polar surface area (TPSA) is 72.2 Å². The number of anilines is 1. The third-order valence-corrected chi connectivity index (χ3v) is 4.57. The van der Waals surface area contributed by atoms with Crippen molar-refractivity contribution >= 4 is 22.2 Å². The van der Waals surface area contributed by atoms with Gasteiger partial charge in [0.15, 0.2) is 0 Å². The zero-order valence-electron chi connectivity index (χ0n) is 10.2. The van der Waals surface area contributed by atoms with E-state index in [1.165, 1.54) is 6.07 Å². The van der Waals surface area contributed by atoms with Crippen LogP contribution in [0.4, 0.5) is 11.4 Å². The molecule has 18 heavy (non-hydrogen) atoms. The lowest BCUT2D eigenvalue weighted by Gasteiger charge is -2.24. The third-order valence-electron chi connectivity index (χ3n) is 3.18. The summed E-state index contributed by atoms with van der Waals surface area (Å²) in [6.45, 7) is 1.86. The molecule has 1 saturated heterocycles. The maximum Gasteiger partial charge on any atom is 0.292 e. The number of hydrogen-bond donors (Lipinski definition) is 1. The zero-order chi connectivity index (χ0) is 13.1. The van der Waals surface area contributed by atoms with Gasteiger partial charge in [0, 0.05) is 34.4 Å². The van der Waals surface area contributed by atoms with Crippen LogP contribution in [0.5, 0.6) is 0 Å². The van der Waals surface area contributed by atoms with Crippen molar-refractivity contribution in [3.8, 4) is 0 Å². The molecule has 2 rings (SSSR count). The number of nitro benzene ring substituents is 1. The highest BCUT2D eigenvalue weighted by atomic mass is 32.2. The van der Waals surface area contributed by atoms with Gasteiger partial charge in [-0.05, 0) is 25.3 Å². The minimum Gasteiger partial charge on any atom is -0.376 e. The van der Waals surface area contributed by atoms with Gasteiger partial charge in [0.2, 0.25) is 0 Å². The van der Waals surface area contributed by atoms with Crippen LogP contribution in [-0.4, -0.2) is 26.7 Å². The molecular weight excluding hydrogens is 252 g/mol. The van der Waals surface area contributed by atoms with E-state index >= 15 is 0 Å². The summed E-state index contributed by atoms with van der Waals surface area (Å²) in [6, 6.07) is 5.24. The number of nitro groups is 1. The van der Waals surface area contributed by atoms with Gasteiger partial charge in [-0.1, -0.05) is 12.1 Å². The molecule has 1 aromatic rings. The van der Waals surface area contributed by atoms with Crippen molar-refractivity contribution in [2.75, 3.05) is 16.8 Å². The summed E-state index contributed by atoms with van der Waals surface area (Å²) < 4.78 is 11.3. The molecule has 1 fully saturated rings. The predicted molar refractivity (Wildman–Crippen MR) is 72.4 cm³/mol. The summed E-state index contributed by atoms with van der Waals surface area (Å²) in [5.41, 5.74) is 1.58. The van der Waals surface area contributed by atoms with Crippen molar-refractivity contribution in [3.63, 3.8) is 0 Å². The average Bonchev–Trinajstić information content (AvgIpc) is 2.34. The highest BCUT2D eigenvalue weighted by Crippen LogP contribution is 2.29. The molecule has 0 radical (unpaired) electrons. The summed E-state index contributed by atoms with van der Waals surface area (Å²) in [6.07, 6.45) is 1.61. The standard InChI is InChI=1S/C12H16N2O3S/c1-9-3-2-4-11(14(15)16)12(9)13-10-5-7-18(17)8-6-10/h2-4,10,13H,5-8H2,1H3. The number of nitrogens with one attached hydrogen (secondary N) is 1. The number of rotatable bonds is 3. The van der Waals surface area contributed by atoms with Crippen molar-refractivity contribution in [2.24, 2.45) is 0 Å². The summed E-state index contributed by atoms with van der Waals surface area (Å²) in [5, 5.41) is 14.2. The van der Waals surface area contributed by atoms with E-state index in [0.29, 0.717) is 17.2 Å². The minimum absolute atomic E-state index is 0.113. The summed E-state index contributed by atoms with van der Waals surface area (Å²) >= 11 is 0. The lowest BCUT2D eigenvalue weighted by molar-refractivity contribution is -0.384. The molecule has 0 spiro atoms. The summed E-state index contributed by atoms with van der Waals surface area (Å²) in [4.78, 5) is 10.6. The van der Waals surface area contributed by atoms with Crippen LogP contribution in [0.3, 0.4) is 0 Å². The van der Waals surface area contributed by atoms with Gasteiger partial charge in [-0.15, -0.1) is 0 Å². The van der Waals surface area contributed by atoms with Crippen molar-refractivity contribution in [3.05, 3.63) is 33.9 Å². The van der Waals surface area contributed by atoms with Gasteiger partial charge in [-0.2, -0.15) is 0 Å². The molecule has 1 aromatic carbocycles. The van der Waals surface area contributed by atoms with Crippen LogP contribution in [0, 0.1) is 17.0 Å². The fraction of sp³-hybridized carbons (Fsp3) is 0.500. The molecule has 1 aliphatic heterocycles. The zero-order valence-corrected chi connectivity index (χ0v) is 11.0. The molecule has 0 amide bonds. The molecule has 0 saturated carbocycles. The molecule has 0 unspecified atom stereocenters. The van der Waals surface area contributed by atoms with Crippen LogP contribution in [0.25, 0.3) is 0 Å². The molecule has 1 heterocycles. The van der Waals surface area contributed by atoms with Gasteiger partial charge < -0.3 is 5.32 Å². The van der Waals surface area contributed by atoms with Gasteiger partial charge in [0.05, 0.1) is 4.92 Å². The second-order valence-electron chi connectivity index (χ2n) is 4.49. The molecule has 1 N–H and O–H groups in total. The van der Waals surface area contributed by atoms with Crippen molar-refractivity contribution in [1.82, 2.24) is 0 Å². The summed E-state index contributed by atoms with van der Waals surface area (Å²) in [5.74, 6) is 1.36. The second kappa shape index (κ2) is 5.48. The molecule has 98 valence electrons. The monoisotopic (exact) mass is 268 g/mol. The van der Waals surface area contributed by atoms with Crippen molar-refractivity contribution in [2.45, 2.75) is 25.8 Å². The van der Waals surface area contributed by atoms with E-state index in [1.807, 2.05) is 13.0 Å². The van der Waals surface area contributed by atoms with Crippen LogP contribution in [0.2, 0.25) is 0 Å². The number of para-hydroxylation sites is 1. The maximum atomic E-state index is 11.3. The highest BCUT2D eigenvalue weighted by Gasteiger charge is 2.22. The Balaban J connectivity index is 2.18. The Morgan fingerprint density at radius 1 is 1.39 bits per heavy atom. The molecule has 5 nitrogen and oxygen atoms in total. The van der Waals surface area contributed by atoms with Gasteiger partial charge in [0.1, 0.15) is 5.69 Å². The second-order valence-corrected chi connectivity index (χ2v) is 6.19. The molecule has 0 atom stereocenters. The minimum atomic E-state index is -0.712. The lowest BCUT2D eigenvalue weighted by Crippen LogP contribution is -2.29. The first kappa shape index (κ1) is 13.0. The predicted octanol–water partition coefficient (Wildman–Crippen LogP) is 2.23. The number of nitrogens with zero attached hydrogens (tertiary/aromatic N) is 1. The van der Waals surface area contributed by atoms with Gasteiger partial charge in [-0.25, -0.2) is 0 Å². The highest BCUT2D eigenvalue weighted by molar-refractivity contribution is 7.85. The van der Waals surface area contributed by atoms with E-state index in [9.17, 15) is 14.3 Å². The van der Waals surface area contributed by atoms with Gasteiger partial charge in [0.25, 0.3) is 5.69 Å². The Morgan fingerprint density at radius 3 is 2.67 bits per heavy atom. The van der Waals surface area contributed by atoms with E-state index in [2.05, 4.69) is 5.32 Å². The molecule has 6 heteroatoms. The van der Waals surface area contributed by atoms with Crippen LogP contribution in [0.15, 0.2) is 18.2 Å². The molecular formula is C12H16N2O3S. The van der Waals surface area contributed by atoms with Crippen molar-refractivity contribution in [1.29, 1.82) is 0 Å². The average molecular weight is 268 g/mol. The number of benzene rings is 1. The first-order chi connectivity index (χ1) is 8.58. The van der Waals surface area contributed by atoms with E-state index in [1.54, 1.807) is 6.07 Å². The van der Waals surface area contributed by atoms with Crippen LogP contribution < -0.4 is 5.32 Å². The van der Waals surface area contributed by atoms with Gasteiger partial charge in [-0.3, -0.25) is 14.3 Å². The Labute approximate surface area is 108 Å². The Morgan fingerprint density at radius 2 is 2.06 bits per heavy atom. The van der Waals surface area contributed by atoms with E-state index < -0.39 is 10.8 Å². The van der Waals surface area contributed by atoms with Crippen LogP contribution >= 0.6 is 0 Å². The first-order valence-electron chi connectivity index (χ1n) is 5.93. The van der Waals surface area contributed by atoms with Crippen LogP contribution in [-0.2, 0) is 10.8 Å². The fourth-order valence-corrected chi connectivity index (χ4v) is 3.43. The number of aryl methyl sites for hydroxylation is 1. The Hall–Kier alpha value is -1.43. The smallest absolute Gasteiger partial charge is 0.292 e. The van der Waals surface area contributed by atoms with E-state index in [-0.39, 0.29) is 16.7 Å². The lowest BCUT2D eigenvalue weighted by atomic mass is 10.1. The Bertz CT molecular complexity index is 480. The normalized spacial score (nSPS) is 23.6. The molecule has 1 aliphatic rings. The molecule has 0 aromatic heterocycles. The molecule has 0 bridgehead atoms. The Kier molecular flexibility index (Phi) is 3.96. The van der Waals surface area contributed by atoms with Crippen LogP contribution in [0.1, 0.15) is 18.4 Å². The quantitative estimate of drug-likeness (QED) is 0.674. The van der Waals surface area contributed by atoms with E-state index in [4.69, 9.17) is 0 Å². The fourth-order valence-electron chi connectivity index (χ4n) is 2.13. The first-order valence-corrected chi connectivity index (χ1v) is 7.42. The largest absolute Gasteiger partial charge is 0.376 e. The number of hydrogen-bond acceptors (Lipinski definition) is 4. The maximum absolute atomic E-state index is 11.3. The summed E-state index contributed by atoms with van der Waals surface area (Å²) in [7, 11) is -0.712. The molecule has 0 aliphatic carbocycles. The van der Waals surface area contributed by atoms with Gasteiger partial charge >= 0.3 is 0 Å². The van der Waals surface area contributed by atoms with Crippen molar-refractivity contribution < 1.29 is 9.13 Å².